The van der Waals surface area contributed by atoms with Crippen LogP contribution in [0.3, 0.4) is 0 Å². The van der Waals surface area contributed by atoms with Crippen molar-refractivity contribution < 1.29 is 18.6 Å². The Bertz CT molecular complexity index is 270. The molecule has 2 unspecified atom stereocenters. The van der Waals surface area contributed by atoms with E-state index in [0.717, 1.165) is 12.8 Å². The minimum atomic E-state index is -1.57. The molecule has 1 aliphatic carbocycles. The number of hydrogen-bond donors (Lipinski definition) is 0. The lowest BCUT2D eigenvalue weighted by atomic mass is 9.99. The largest absolute Gasteiger partial charge is 0.505 e. The molecule has 5 atom stereocenters. The molecule has 1 aliphatic heterocycles. The summed E-state index contributed by atoms with van der Waals surface area (Å²) in [6, 6.07) is 0. The maximum Gasteiger partial charge on any atom is 0.505 e. The third-order valence-corrected chi connectivity index (χ3v) is 4.01. The Morgan fingerprint density at radius 1 is 1.60 bits per heavy atom. The molecule has 0 aromatic rings. The van der Waals surface area contributed by atoms with E-state index >= 15 is 0 Å². The van der Waals surface area contributed by atoms with Gasteiger partial charge in [0, 0.05) is 13.0 Å². The van der Waals surface area contributed by atoms with Gasteiger partial charge in [0.15, 0.2) is 6.66 Å². The first-order valence-electron chi connectivity index (χ1n) is 5.33. The van der Waals surface area contributed by atoms with Gasteiger partial charge in [-0.2, -0.15) is 0 Å². The zero-order valence-electron chi connectivity index (χ0n) is 9.43. The summed E-state index contributed by atoms with van der Waals surface area (Å²) in [5.41, 5.74) is -0.347. The first-order valence-corrected chi connectivity index (χ1v) is 6.96. The maximum atomic E-state index is 11.2. The van der Waals surface area contributed by atoms with Gasteiger partial charge in [-0.3, -0.25) is 0 Å². The van der Waals surface area contributed by atoms with Crippen LogP contribution in [0.4, 0.5) is 0 Å². The van der Waals surface area contributed by atoms with E-state index in [2.05, 4.69) is 6.92 Å². The predicted molar refractivity (Wildman–Crippen MR) is 56.3 cm³/mol. The van der Waals surface area contributed by atoms with Gasteiger partial charge in [0.05, 0.1) is 12.7 Å². The number of hydrogen-bond acceptors (Lipinski definition) is 4. The minimum absolute atomic E-state index is 0.0546. The molecule has 1 saturated carbocycles. The van der Waals surface area contributed by atoms with E-state index < -0.39 is 8.03 Å². The lowest BCUT2D eigenvalue weighted by Gasteiger charge is -2.29. The summed E-state index contributed by atoms with van der Waals surface area (Å²) in [6.45, 7) is 4.18. The highest BCUT2D eigenvalue weighted by Gasteiger charge is 2.61. The van der Waals surface area contributed by atoms with Crippen LogP contribution in [0.2, 0.25) is 0 Å². The van der Waals surface area contributed by atoms with Crippen LogP contribution in [-0.2, 0) is 18.6 Å². The summed E-state index contributed by atoms with van der Waals surface area (Å²) in [5.74, 6) is 0.374. The van der Waals surface area contributed by atoms with E-state index in [1.165, 1.54) is 0 Å². The second kappa shape index (κ2) is 4.10. The summed E-state index contributed by atoms with van der Waals surface area (Å²) in [7, 11) is 0.0922. The van der Waals surface area contributed by atoms with E-state index in [1.54, 1.807) is 13.8 Å². The lowest BCUT2D eigenvalue weighted by Crippen LogP contribution is -2.42. The molecule has 86 valence electrons. The third kappa shape index (κ3) is 1.84. The molecule has 1 heterocycles. The summed E-state index contributed by atoms with van der Waals surface area (Å²) >= 11 is 0. The Labute approximate surface area is 91.1 Å². The van der Waals surface area contributed by atoms with Crippen molar-refractivity contribution in [2.45, 2.75) is 37.6 Å². The molecule has 2 fully saturated rings. The third-order valence-electron chi connectivity index (χ3n) is 3.48. The highest BCUT2D eigenvalue weighted by molar-refractivity contribution is 7.38. The molecule has 15 heavy (non-hydrogen) atoms. The molecule has 0 amide bonds. The second-order valence-electron chi connectivity index (χ2n) is 4.49. The van der Waals surface area contributed by atoms with Crippen LogP contribution < -0.4 is 0 Å². The van der Waals surface area contributed by atoms with Gasteiger partial charge in [-0.05, 0) is 24.3 Å². The standard InChI is InChI=1S/C10H18O4P/c1-7-8-4-5-10(13-7,6-12-2)9(8)14-15(3)11/h7-9H,4-6H2,1-3H3/q+1/t7-,8+,9?,10+/m0/s1. The quantitative estimate of drug-likeness (QED) is 0.696. The Balaban J connectivity index is 2.16. The normalized spacial score (nSPS) is 44.7. The van der Waals surface area contributed by atoms with Crippen molar-refractivity contribution in [2.75, 3.05) is 20.4 Å². The molecule has 0 spiro atoms. The summed E-state index contributed by atoms with van der Waals surface area (Å²) in [4.78, 5) is 0. The number of rotatable bonds is 4. The zero-order valence-corrected chi connectivity index (χ0v) is 10.3. The van der Waals surface area contributed by atoms with Gasteiger partial charge < -0.3 is 9.47 Å². The number of methoxy groups -OCH3 is 1. The van der Waals surface area contributed by atoms with Crippen LogP contribution in [0.5, 0.6) is 0 Å². The average molecular weight is 233 g/mol. The molecule has 0 aromatic carbocycles. The molecule has 5 heteroatoms. The predicted octanol–water partition coefficient (Wildman–Crippen LogP) is 1.96. The first kappa shape index (κ1) is 11.5. The number of fused-ring (bicyclic) bond motifs is 2. The summed E-state index contributed by atoms with van der Waals surface area (Å²) in [6.07, 6.45) is 2.16. The van der Waals surface area contributed by atoms with Crippen LogP contribution >= 0.6 is 8.03 Å². The van der Waals surface area contributed by atoms with Gasteiger partial charge in [-0.15, -0.1) is 4.52 Å². The molecule has 2 bridgehead atoms. The van der Waals surface area contributed by atoms with Crippen molar-refractivity contribution in [3.05, 3.63) is 0 Å². The molecule has 2 rings (SSSR count). The van der Waals surface area contributed by atoms with Crippen molar-refractivity contribution in [3.8, 4) is 0 Å². The van der Waals surface area contributed by atoms with Gasteiger partial charge in [0.25, 0.3) is 0 Å². The van der Waals surface area contributed by atoms with Crippen molar-refractivity contribution in [1.29, 1.82) is 0 Å². The van der Waals surface area contributed by atoms with Crippen LogP contribution in [-0.4, -0.2) is 38.2 Å². The van der Waals surface area contributed by atoms with E-state index in [1.807, 2.05) is 0 Å². The fourth-order valence-electron chi connectivity index (χ4n) is 2.93. The van der Waals surface area contributed by atoms with Gasteiger partial charge in [0.1, 0.15) is 11.7 Å². The van der Waals surface area contributed by atoms with E-state index in [4.69, 9.17) is 14.0 Å². The topological polar surface area (TPSA) is 44.8 Å². The SMILES string of the molecule is COC[C@]12CC[C@@H](C1O[P+](C)=O)[C@H](C)O2. The molecule has 0 N–H and O–H groups in total. The molecule has 2 aliphatic rings. The fraction of sp³-hybridized carbons (Fsp3) is 1.00. The maximum absolute atomic E-state index is 11.2. The average Bonchev–Trinajstić information content (AvgIpc) is 2.56. The minimum Gasteiger partial charge on any atom is -0.382 e. The van der Waals surface area contributed by atoms with Crippen molar-refractivity contribution in [1.82, 2.24) is 0 Å². The first-order chi connectivity index (χ1) is 7.09. The summed E-state index contributed by atoms with van der Waals surface area (Å²) < 4.78 is 27.9. The Morgan fingerprint density at radius 3 is 2.87 bits per heavy atom. The molecule has 1 saturated heterocycles. The second-order valence-corrected chi connectivity index (χ2v) is 5.58. The zero-order chi connectivity index (χ0) is 11.1. The van der Waals surface area contributed by atoms with Crippen molar-refractivity contribution >= 4 is 8.03 Å². The Kier molecular flexibility index (Phi) is 3.13. The van der Waals surface area contributed by atoms with E-state index in [0.29, 0.717) is 12.5 Å². The highest BCUT2D eigenvalue weighted by atomic mass is 31.1. The van der Waals surface area contributed by atoms with Gasteiger partial charge >= 0.3 is 8.03 Å². The molecular formula is C10H18O4P+. The van der Waals surface area contributed by atoms with E-state index in [-0.39, 0.29) is 17.8 Å². The monoisotopic (exact) mass is 233 g/mol. The Morgan fingerprint density at radius 2 is 2.33 bits per heavy atom. The van der Waals surface area contributed by atoms with Crippen LogP contribution in [0.15, 0.2) is 0 Å². The molecule has 0 aromatic heterocycles. The van der Waals surface area contributed by atoms with Crippen LogP contribution in [0, 0.1) is 5.92 Å². The molecule has 4 nitrogen and oxygen atoms in total. The summed E-state index contributed by atoms with van der Waals surface area (Å²) in [5, 5.41) is 0. The van der Waals surface area contributed by atoms with E-state index in [9.17, 15) is 4.57 Å². The van der Waals surface area contributed by atoms with Crippen molar-refractivity contribution in [3.63, 3.8) is 0 Å². The Hall–Kier alpha value is -0.0200. The van der Waals surface area contributed by atoms with Gasteiger partial charge in [0.2, 0.25) is 0 Å². The van der Waals surface area contributed by atoms with Crippen molar-refractivity contribution in [2.24, 2.45) is 5.92 Å². The molecular weight excluding hydrogens is 215 g/mol. The smallest absolute Gasteiger partial charge is 0.382 e. The van der Waals surface area contributed by atoms with Crippen LogP contribution in [0.1, 0.15) is 19.8 Å². The lowest BCUT2D eigenvalue weighted by molar-refractivity contribution is -0.115. The molecule has 0 radical (unpaired) electrons. The van der Waals surface area contributed by atoms with Crippen LogP contribution in [0.25, 0.3) is 0 Å². The van der Waals surface area contributed by atoms with Gasteiger partial charge in [-0.1, -0.05) is 0 Å². The fourth-order valence-corrected chi connectivity index (χ4v) is 3.59. The number of ether oxygens (including phenoxy) is 2. The van der Waals surface area contributed by atoms with Gasteiger partial charge in [-0.25, -0.2) is 0 Å². The highest BCUT2D eigenvalue weighted by Crippen LogP contribution is 2.52.